The van der Waals surface area contributed by atoms with Crippen molar-refractivity contribution in [2.45, 2.75) is 58.2 Å². The Kier molecular flexibility index (Phi) is 11.5. The first kappa shape index (κ1) is 23.1. The average molecular weight is 348 g/mol. The lowest BCUT2D eigenvalue weighted by Gasteiger charge is -2.19. The number of aliphatic hydroxyl groups excluding tert-OH is 2. The number of carbonyl (C=O) groups is 1. The molecule has 140 valence electrons. The third kappa shape index (κ3) is 12.1. The van der Waals surface area contributed by atoms with Crippen molar-refractivity contribution in [3.8, 4) is 0 Å². The average Bonchev–Trinajstić information content (AvgIpc) is 2.51. The summed E-state index contributed by atoms with van der Waals surface area (Å²) < 4.78 is 0. The Morgan fingerprint density at radius 1 is 1.12 bits per heavy atom. The van der Waals surface area contributed by atoms with Gasteiger partial charge < -0.3 is 15.3 Å². The molecule has 3 N–H and O–H groups in total. The molecule has 0 saturated heterocycles. The van der Waals surface area contributed by atoms with Crippen LogP contribution in [0.2, 0.25) is 0 Å². The van der Waals surface area contributed by atoms with E-state index in [4.69, 9.17) is 5.11 Å². The van der Waals surface area contributed by atoms with Gasteiger partial charge in [-0.1, -0.05) is 69.0 Å². The van der Waals surface area contributed by atoms with Crippen molar-refractivity contribution in [2.75, 3.05) is 0 Å². The van der Waals surface area contributed by atoms with Gasteiger partial charge in [0.1, 0.15) is 0 Å². The van der Waals surface area contributed by atoms with E-state index >= 15 is 0 Å². The van der Waals surface area contributed by atoms with Crippen LogP contribution >= 0.6 is 0 Å². The monoisotopic (exact) mass is 348 g/mol. The van der Waals surface area contributed by atoms with Gasteiger partial charge in [-0.2, -0.15) is 0 Å². The zero-order chi connectivity index (χ0) is 19.4. The molecule has 4 nitrogen and oxygen atoms in total. The quantitative estimate of drug-likeness (QED) is 0.345. The van der Waals surface area contributed by atoms with Gasteiger partial charge in [0.15, 0.2) is 0 Å². The topological polar surface area (TPSA) is 77.8 Å². The van der Waals surface area contributed by atoms with Crippen molar-refractivity contribution in [1.29, 1.82) is 0 Å². The Morgan fingerprint density at radius 3 is 2.32 bits per heavy atom. The Hall–Kier alpha value is -1.91. The molecule has 0 amide bonds. The number of aliphatic hydroxyl groups is 2. The van der Waals surface area contributed by atoms with Crippen LogP contribution in [0.3, 0.4) is 0 Å². The second kappa shape index (κ2) is 12.5. The van der Waals surface area contributed by atoms with Gasteiger partial charge in [-0.05, 0) is 24.8 Å². The van der Waals surface area contributed by atoms with Crippen molar-refractivity contribution < 1.29 is 20.1 Å². The van der Waals surface area contributed by atoms with E-state index in [-0.39, 0.29) is 12.3 Å². The van der Waals surface area contributed by atoms with Crippen molar-refractivity contribution in [3.05, 3.63) is 60.8 Å². The van der Waals surface area contributed by atoms with E-state index in [0.717, 1.165) is 17.6 Å². The predicted molar refractivity (Wildman–Crippen MR) is 103 cm³/mol. The maximum atomic E-state index is 10.5. The lowest BCUT2D eigenvalue weighted by Crippen LogP contribution is -2.23. The second-order valence-electron chi connectivity index (χ2n) is 6.48. The van der Waals surface area contributed by atoms with Gasteiger partial charge in [0.05, 0.1) is 18.6 Å². The first-order chi connectivity index (χ1) is 11.6. The number of allylic oxidation sites excluding steroid dienone is 4. The molecule has 0 spiro atoms. The SMILES string of the molecule is C=C(/C=C/[C@@H](C)[C@H](O)C[C@@H](O)CC(=C)CC)C/C=C/C(=C)CC(=O)O. The number of aliphatic carboxylic acids is 1. The number of rotatable bonds is 13. The molecule has 0 saturated carbocycles. The summed E-state index contributed by atoms with van der Waals surface area (Å²) in [4.78, 5) is 10.5. The maximum absolute atomic E-state index is 10.5. The molecule has 0 aliphatic rings. The molecule has 3 atom stereocenters. The van der Waals surface area contributed by atoms with Gasteiger partial charge in [-0.25, -0.2) is 0 Å². The highest BCUT2D eigenvalue weighted by Crippen LogP contribution is 2.17. The molecule has 0 unspecified atom stereocenters. The van der Waals surface area contributed by atoms with E-state index in [1.54, 1.807) is 6.08 Å². The molecule has 0 rings (SSSR count). The summed E-state index contributed by atoms with van der Waals surface area (Å²) in [5.74, 6) is -1.01. The first-order valence-electron chi connectivity index (χ1n) is 8.60. The Balaban J connectivity index is 4.30. The summed E-state index contributed by atoms with van der Waals surface area (Å²) in [5, 5.41) is 28.8. The largest absolute Gasteiger partial charge is 0.481 e. The molecular weight excluding hydrogens is 316 g/mol. The summed E-state index contributed by atoms with van der Waals surface area (Å²) >= 11 is 0. The first-order valence-corrected chi connectivity index (χ1v) is 8.60. The summed E-state index contributed by atoms with van der Waals surface area (Å²) in [6.45, 7) is 15.3. The van der Waals surface area contributed by atoms with Crippen LogP contribution < -0.4 is 0 Å². The highest BCUT2D eigenvalue weighted by Gasteiger charge is 2.16. The molecule has 4 heteroatoms. The summed E-state index contributed by atoms with van der Waals surface area (Å²) in [6, 6.07) is 0. The molecule has 0 heterocycles. The number of hydrogen-bond donors (Lipinski definition) is 3. The van der Waals surface area contributed by atoms with Crippen molar-refractivity contribution in [3.63, 3.8) is 0 Å². The van der Waals surface area contributed by atoms with E-state index in [9.17, 15) is 15.0 Å². The minimum absolute atomic E-state index is 0.0746. The molecule has 0 aromatic heterocycles. The molecule has 0 radical (unpaired) electrons. The van der Waals surface area contributed by atoms with Gasteiger partial charge in [0.2, 0.25) is 0 Å². The van der Waals surface area contributed by atoms with E-state index in [2.05, 4.69) is 19.7 Å². The van der Waals surface area contributed by atoms with Crippen LogP contribution in [-0.4, -0.2) is 33.5 Å². The highest BCUT2D eigenvalue weighted by molar-refractivity contribution is 5.70. The summed E-state index contributed by atoms with van der Waals surface area (Å²) in [6.07, 6.45) is 8.17. The van der Waals surface area contributed by atoms with Gasteiger partial charge >= 0.3 is 5.97 Å². The molecule has 0 aromatic carbocycles. The van der Waals surface area contributed by atoms with Gasteiger partial charge in [0, 0.05) is 12.3 Å². The number of carboxylic acid groups (broad SMARTS) is 1. The van der Waals surface area contributed by atoms with E-state index in [0.29, 0.717) is 24.8 Å². The Morgan fingerprint density at radius 2 is 1.76 bits per heavy atom. The van der Waals surface area contributed by atoms with E-state index in [1.807, 2.05) is 32.1 Å². The smallest absolute Gasteiger partial charge is 0.307 e. The highest BCUT2D eigenvalue weighted by atomic mass is 16.4. The standard InChI is InChI=1S/C21H32O4/c1-6-15(2)12-19(22)14-20(23)18(5)11-10-16(3)8-7-9-17(4)13-21(24)25/h7,9-11,18-20,22-23H,2-4,6,8,12-14H2,1,5H3,(H,24,25)/b9-7+,11-10+/t18-,19+,20-/m1/s1. The van der Waals surface area contributed by atoms with Gasteiger partial charge in [-0.15, -0.1) is 0 Å². The van der Waals surface area contributed by atoms with Crippen LogP contribution in [-0.2, 0) is 4.79 Å². The van der Waals surface area contributed by atoms with E-state index < -0.39 is 18.2 Å². The number of hydrogen-bond acceptors (Lipinski definition) is 3. The fourth-order valence-corrected chi connectivity index (χ4v) is 2.17. The third-order valence-electron chi connectivity index (χ3n) is 3.89. The molecular formula is C21H32O4. The predicted octanol–water partition coefficient (Wildman–Crippen LogP) is 4.18. The van der Waals surface area contributed by atoms with Crippen LogP contribution in [0.25, 0.3) is 0 Å². The third-order valence-corrected chi connectivity index (χ3v) is 3.89. The van der Waals surface area contributed by atoms with Crippen LogP contribution in [0.1, 0.15) is 46.0 Å². The number of carboxylic acids is 1. The molecule has 0 fully saturated rings. The lowest BCUT2D eigenvalue weighted by molar-refractivity contribution is -0.136. The second-order valence-corrected chi connectivity index (χ2v) is 6.48. The lowest BCUT2D eigenvalue weighted by atomic mass is 9.95. The molecule has 0 aromatic rings. The van der Waals surface area contributed by atoms with E-state index in [1.165, 1.54) is 0 Å². The minimum Gasteiger partial charge on any atom is -0.481 e. The maximum Gasteiger partial charge on any atom is 0.307 e. The van der Waals surface area contributed by atoms with Crippen molar-refractivity contribution in [2.24, 2.45) is 5.92 Å². The fraction of sp³-hybridized carbons (Fsp3) is 0.476. The molecule has 25 heavy (non-hydrogen) atoms. The van der Waals surface area contributed by atoms with Crippen molar-refractivity contribution in [1.82, 2.24) is 0 Å². The fourth-order valence-electron chi connectivity index (χ4n) is 2.17. The van der Waals surface area contributed by atoms with Crippen LogP contribution in [0.5, 0.6) is 0 Å². The van der Waals surface area contributed by atoms with Gasteiger partial charge in [0.25, 0.3) is 0 Å². The summed E-state index contributed by atoms with van der Waals surface area (Å²) in [7, 11) is 0. The Labute approximate surface area is 151 Å². The molecule has 0 bridgehead atoms. The zero-order valence-corrected chi connectivity index (χ0v) is 15.4. The minimum atomic E-state index is -0.902. The normalized spacial score (nSPS) is 15.2. The van der Waals surface area contributed by atoms with Gasteiger partial charge in [-0.3, -0.25) is 4.79 Å². The molecule has 0 aliphatic heterocycles. The Bertz CT molecular complexity index is 528. The van der Waals surface area contributed by atoms with Crippen LogP contribution in [0, 0.1) is 5.92 Å². The van der Waals surface area contributed by atoms with Crippen LogP contribution in [0.15, 0.2) is 60.8 Å². The van der Waals surface area contributed by atoms with Crippen molar-refractivity contribution >= 4 is 5.97 Å². The zero-order valence-electron chi connectivity index (χ0n) is 15.4. The molecule has 0 aliphatic carbocycles. The van der Waals surface area contributed by atoms with Crippen LogP contribution in [0.4, 0.5) is 0 Å². The summed E-state index contributed by atoms with van der Waals surface area (Å²) in [5.41, 5.74) is 2.36.